The Balaban J connectivity index is 1.78. The summed E-state index contributed by atoms with van der Waals surface area (Å²) >= 11 is 7.69. The van der Waals surface area contributed by atoms with Crippen molar-refractivity contribution in [3.63, 3.8) is 0 Å². The molecule has 2 nitrogen and oxygen atoms in total. The van der Waals surface area contributed by atoms with Crippen LogP contribution in [-0.4, -0.2) is 11.7 Å². The molecule has 0 spiro atoms. The Kier molecular flexibility index (Phi) is 7.00. The fraction of sp³-hybridized carbons (Fsp3) is 0.316. The molecule has 1 amide bonds. The molecule has 0 saturated carbocycles. The van der Waals surface area contributed by atoms with Crippen molar-refractivity contribution >= 4 is 29.3 Å². The van der Waals surface area contributed by atoms with E-state index < -0.39 is 0 Å². The largest absolute Gasteiger partial charge is 0.349 e. The van der Waals surface area contributed by atoms with Crippen LogP contribution < -0.4 is 5.32 Å². The van der Waals surface area contributed by atoms with E-state index in [1.165, 1.54) is 5.56 Å². The Hall–Kier alpha value is -1.45. The number of carbonyl (C=O) groups is 1. The topological polar surface area (TPSA) is 29.1 Å². The molecule has 0 aliphatic heterocycles. The maximum absolute atomic E-state index is 12.1. The third kappa shape index (κ3) is 5.60. The molecule has 0 aliphatic carbocycles. The molecule has 0 fully saturated rings. The molecule has 0 bridgehead atoms. The van der Waals surface area contributed by atoms with Crippen molar-refractivity contribution in [2.24, 2.45) is 0 Å². The summed E-state index contributed by atoms with van der Waals surface area (Å²) in [6.45, 7) is 4.15. The highest BCUT2D eigenvalue weighted by atomic mass is 35.5. The SMILES string of the molecule is CCc1ccc([C@H](C)NC(=O)CSCc2ccccc2Cl)cc1. The van der Waals surface area contributed by atoms with Crippen LogP contribution >= 0.6 is 23.4 Å². The average Bonchev–Trinajstić information content (AvgIpc) is 2.56. The number of amides is 1. The lowest BCUT2D eigenvalue weighted by Gasteiger charge is -2.15. The predicted octanol–water partition coefficient (Wildman–Crippen LogP) is 5.01. The first kappa shape index (κ1) is 17.9. The van der Waals surface area contributed by atoms with E-state index in [0.717, 1.165) is 28.3 Å². The van der Waals surface area contributed by atoms with E-state index in [1.807, 2.05) is 31.2 Å². The second-order valence-electron chi connectivity index (χ2n) is 5.47. The maximum atomic E-state index is 12.1. The summed E-state index contributed by atoms with van der Waals surface area (Å²) in [6.07, 6.45) is 1.03. The number of aryl methyl sites for hydroxylation is 1. The Labute approximate surface area is 147 Å². The highest BCUT2D eigenvalue weighted by Crippen LogP contribution is 2.21. The van der Waals surface area contributed by atoms with E-state index in [9.17, 15) is 4.79 Å². The first-order valence-electron chi connectivity index (χ1n) is 7.79. The number of hydrogen-bond donors (Lipinski definition) is 1. The molecule has 1 N–H and O–H groups in total. The molecule has 122 valence electrons. The molecular weight excluding hydrogens is 326 g/mol. The molecule has 0 radical (unpaired) electrons. The minimum atomic E-state index is 0.0225. The van der Waals surface area contributed by atoms with Crippen LogP contribution in [0.15, 0.2) is 48.5 Å². The number of hydrogen-bond acceptors (Lipinski definition) is 2. The van der Waals surface area contributed by atoms with Crippen molar-refractivity contribution in [2.75, 3.05) is 5.75 Å². The lowest BCUT2D eigenvalue weighted by molar-refractivity contribution is -0.119. The van der Waals surface area contributed by atoms with Crippen LogP contribution in [0.25, 0.3) is 0 Å². The fourth-order valence-electron chi connectivity index (χ4n) is 2.28. The summed E-state index contributed by atoms with van der Waals surface area (Å²) in [5.41, 5.74) is 3.50. The van der Waals surface area contributed by atoms with Gasteiger partial charge in [0.05, 0.1) is 11.8 Å². The smallest absolute Gasteiger partial charge is 0.230 e. The van der Waals surface area contributed by atoms with Gasteiger partial charge in [-0.2, -0.15) is 0 Å². The molecule has 1 atom stereocenters. The van der Waals surface area contributed by atoms with Crippen molar-refractivity contribution in [1.29, 1.82) is 0 Å². The van der Waals surface area contributed by atoms with Crippen molar-refractivity contribution in [3.05, 3.63) is 70.2 Å². The summed E-state index contributed by atoms with van der Waals surface area (Å²) in [7, 11) is 0. The summed E-state index contributed by atoms with van der Waals surface area (Å²) < 4.78 is 0. The van der Waals surface area contributed by atoms with Crippen LogP contribution in [0.5, 0.6) is 0 Å². The van der Waals surface area contributed by atoms with E-state index in [2.05, 4.69) is 36.5 Å². The first-order chi connectivity index (χ1) is 11.1. The zero-order valence-corrected chi connectivity index (χ0v) is 15.1. The van der Waals surface area contributed by atoms with Crippen molar-refractivity contribution in [1.82, 2.24) is 5.32 Å². The minimum absolute atomic E-state index is 0.0225. The molecule has 4 heteroatoms. The monoisotopic (exact) mass is 347 g/mol. The maximum Gasteiger partial charge on any atom is 0.230 e. The third-order valence-corrected chi connectivity index (χ3v) is 5.06. The van der Waals surface area contributed by atoms with Crippen LogP contribution in [0.4, 0.5) is 0 Å². The Morgan fingerprint density at radius 2 is 1.87 bits per heavy atom. The van der Waals surface area contributed by atoms with Gasteiger partial charge in [0.1, 0.15) is 0 Å². The molecule has 0 saturated heterocycles. The number of benzene rings is 2. The van der Waals surface area contributed by atoms with Gasteiger partial charge in [0.2, 0.25) is 5.91 Å². The van der Waals surface area contributed by atoms with Crippen molar-refractivity contribution in [3.8, 4) is 0 Å². The van der Waals surface area contributed by atoms with E-state index in [0.29, 0.717) is 5.75 Å². The van der Waals surface area contributed by atoms with Crippen molar-refractivity contribution < 1.29 is 4.79 Å². The Morgan fingerprint density at radius 3 is 2.52 bits per heavy atom. The molecule has 0 aromatic heterocycles. The highest BCUT2D eigenvalue weighted by Gasteiger charge is 2.10. The van der Waals surface area contributed by atoms with Gasteiger partial charge in [0, 0.05) is 10.8 Å². The van der Waals surface area contributed by atoms with E-state index in [4.69, 9.17) is 11.6 Å². The zero-order valence-electron chi connectivity index (χ0n) is 13.5. The first-order valence-corrected chi connectivity index (χ1v) is 9.32. The predicted molar refractivity (Wildman–Crippen MR) is 100.0 cm³/mol. The van der Waals surface area contributed by atoms with Crippen molar-refractivity contribution in [2.45, 2.75) is 32.1 Å². The second kappa shape index (κ2) is 8.99. The van der Waals surface area contributed by atoms with E-state index >= 15 is 0 Å². The van der Waals surface area contributed by atoms with Crippen LogP contribution in [0.2, 0.25) is 5.02 Å². The lowest BCUT2D eigenvalue weighted by Crippen LogP contribution is -2.28. The van der Waals surface area contributed by atoms with Crippen LogP contribution in [0.3, 0.4) is 0 Å². The average molecular weight is 348 g/mol. The Morgan fingerprint density at radius 1 is 1.17 bits per heavy atom. The summed E-state index contributed by atoms with van der Waals surface area (Å²) in [4.78, 5) is 12.1. The number of halogens is 1. The van der Waals surface area contributed by atoms with Gasteiger partial charge in [-0.3, -0.25) is 4.79 Å². The summed E-state index contributed by atoms with van der Waals surface area (Å²) in [5.74, 6) is 1.23. The quantitative estimate of drug-likeness (QED) is 0.762. The molecule has 23 heavy (non-hydrogen) atoms. The standard InChI is InChI=1S/C19H22ClNOS/c1-3-15-8-10-16(11-9-15)14(2)21-19(22)13-23-12-17-6-4-5-7-18(17)20/h4-11,14H,3,12-13H2,1-2H3,(H,21,22)/t14-/m0/s1. The third-order valence-electron chi connectivity index (χ3n) is 3.71. The second-order valence-corrected chi connectivity index (χ2v) is 6.86. The number of carbonyl (C=O) groups excluding carboxylic acids is 1. The molecule has 2 rings (SSSR count). The van der Waals surface area contributed by atoms with Crippen LogP contribution in [0.1, 0.15) is 36.6 Å². The molecule has 0 aliphatic rings. The Bertz CT molecular complexity index is 642. The number of thioether (sulfide) groups is 1. The van der Waals surface area contributed by atoms with E-state index in [1.54, 1.807) is 11.8 Å². The molecule has 2 aromatic rings. The molecule has 0 unspecified atom stereocenters. The van der Waals surface area contributed by atoms with Gasteiger partial charge >= 0.3 is 0 Å². The molecular formula is C19H22ClNOS. The molecule has 0 heterocycles. The van der Waals surface area contributed by atoms with Gasteiger partial charge in [0.15, 0.2) is 0 Å². The van der Waals surface area contributed by atoms with Crippen LogP contribution in [-0.2, 0) is 17.0 Å². The van der Waals surface area contributed by atoms with Gasteiger partial charge in [-0.05, 0) is 36.1 Å². The normalized spacial score (nSPS) is 12.0. The minimum Gasteiger partial charge on any atom is -0.349 e. The van der Waals surface area contributed by atoms with Gasteiger partial charge < -0.3 is 5.32 Å². The lowest BCUT2D eigenvalue weighted by atomic mass is 10.1. The van der Waals surface area contributed by atoms with Gasteiger partial charge in [-0.15, -0.1) is 11.8 Å². The van der Waals surface area contributed by atoms with Gasteiger partial charge in [0.25, 0.3) is 0 Å². The fourth-order valence-corrected chi connectivity index (χ4v) is 3.40. The molecule has 2 aromatic carbocycles. The van der Waals surface area contributed by atoms with E-state index in [-0.39, 0.29) is 11.9 Å². The van der Waals surface area contributed by atoms with Gasteiger partial charge in [-0.25, -0.2) is 0 Å². The summed E-state index contributed by atoms with van der Waals surface area (Å²) in [5, 5.41) is 3.80. The van der Waals surface area contributed by atoms with Gasteiger partial charge in [-0.1, -0.05) is 61.0 Å². The number of nitrogens with one attached hydrogen (secondary N) is 1. The highest BCUT2D eigenvalue weighted by molar-refractivity contribution is 7.99. The number of rotatable bonds is 7. The van der Waals surface area contributed by atoms with Crippen LogP contribution in [0, 0.1) is 0 Å². The summed E-state index contributed by atoms with van der Waals surface area (Å²) in [6, 6.07) is 16.2. The zero-order chi connectivity index (χ0) is 16.7.